The highest BCUT2D eigenvalue weighted by atomic mass is 33.1. The van der Waals surface area contributed by atoms with E-state index in [9.17, 15) is 9.18 Å². The van der Waals surface area contributed by atoms with Crippen LogP contribution in [0.4, 0.5) is 4.39 Å². The van der Waals surface area contributed by atoms with Gasteiger partial charge in [-0.2, -0.15) is 0 Å². The fourth-order valence-electron chi connectivity index (χ4n) is 3.55. The van der Waals surface area contributed by atoms with Gasteiger partial charge in [-0.15, -0.1) is 0 Å². The predicted octanol–water partition coefficient (Wildman–Crippen LogP) is 4.03. The summed E-state index contributed by atoms with van der Waals surface area (Å²) >= 11 is 0. The van der Waals surface area contributed by atoms with E-state index in [2.05, 4.69) is 10.2 Å². The second kappa shape index (κ2) is 11.3. The van der Waals surface area contributed by atoms with E-state index in [1.165, 1.54) is 30.7 Å². The topological polar surface area (TPSA) is 41.6 Å². The molecule has 27 heavy (non-hydrogen) atoms. The van der Waals surface area contributed by atoms with E-state index in [4.69, 9.17) is 4.74 Å². The zero-order chi connectivity index (χ0) is 18.9. The van der Waals surface area contributed by atoms with Gasteiger partial charge in [0.1, 0.15) is 5.82 Å². The molecule has 2 unspecified atom stereocenters. The SMILES string of the molecule is O=C(CCCCC1CCSS1)NCC(c1ccc(F)cc1)N1CCOCC1. The van der Waals surface area contributed by atoms with Crippen LogP contribution in [0.25, 0.3) is 0 Å². The van der Waals surface area contributed by atoms with Crippen LogP contribution < -0.4 is 5.32 Å². The molecule has 2 aliphatic rings. The smallest absolute Gasteiger partial charge is 0.220 e. The molecular weight excluding hydrogens is 383 g/mol. The monoisotopic (exact) mass is 412 g/mol. The second-order valence-corrected chi connectivity index (χ2v) is 9.88. The Kier molecular flexibility index (Phi) is 8.77. The lowest BCUT2D eigenvalue weighted by molar-refractivity contribution is -0.121. The summed E-state index contributed by atoms with van der Waals surface area (Å²) in [7, 11) is 3.97. The van der Waals surface area contributed by atoms with Gasteiger partial charge in [-0.3, -0.25) is 9.69 Å². The predicted molar refractivity (Wildman–Crippen MR) is 111 cm³/mol. The standard InChI is InChI=1S/C20H29FN2O2S2/c21-17-7-5-16(6-8-17)19(23-10-12-25-13-11-23)15-22-20(24)4-2-1-3-18-9-14-26-27-18/h5-8,18-19H,1-4,9-15H2,(H,22,24). The number of morpholine rings is 1. The highest BCUT2D eigenvalue weighted by Gasteiger charge is 2.23. The number of rotatable bonds is 9. The molecule has 0 aliphatic carbocycles. The fourth-order valence-corrected chi connectivity index (χ4v) is 6.58. The summed E-state index contributed by atoms with van der Waals surface area (Å²) in [5.74, 6) is 1.15. The zero-order valence-electron chi connectivity index (χ0n) is 15.7. The third kappa shape index (κ3) is 6.97. The van der Waals surface area contributed by atoms with Gasteiger partial charge in [0.2, 0.25) is 5.91 Å². The second-order valence-electron chi connectivity index (χ2n) is 7.09. The van der Waals surface area contributed by atoms with Crippen molar-refractivity contribution in [2.45, 2.75) is 43.4 Å². The maximum atomic E-state index is 13.3. The lowest BCUT2D eigenvalue weighted by atomic mass is 10.0. The Labute approximate surface area is 169 Å². The normalized spacial score (nSPS) is 21.9. The van der Waals surface area contributed by atoms with E-state index in [-0.39, 0.29) is 17.8 Å². The van der Waals surface area contributed by atoms with Crippen LogP contribution >= 0.6 is 21.6 Å². The minimum atomic E-state index is -0.234. The summed E-state index contributed by atoms with van der Waals surface area (Å²) in [5, 5.41) is 3.88. The molecule has 2 heterocycles. The van der Waals surface area contributed by atoms with Gasteiger partial charge in [0.05, 0.1) is 19.3 Å². The lowest BCUT2D eigenvalue weighted by Crippen LogP contribution is -2.43. The molecule has 0 radical (unpaired) electrons. The molecular formula is C20H29FN2O2S2. The summed E-state index contributed by atoms with van der Waals surface area (Å²) in [5.41, 5.74) is 1.04. The van der Waals surface area contributed by atoms with Crippen LogP contribution in [0.15, 0.2) is 24.3 Å². The van der Waals surface area contributed by atoms with Crippen molar-refractivity contribution in [3.63, 3.8) is 0 Å². The largest absolute Gasteiger partial charge is 0.379 e. The Bertz CT molecular complexity index is 576. The molecule has 1 amide bonds. The Balaban J connectivity index is 1.44. The van der Waals surface area contributed by atoms with Crippen molar-refractivity contribution in [3.8, 4) is 0 Å². The molecule has 0 saturated carbocycles. The number of ether oxygens (including phenoxy) is 1. The Morgan fingerprint density at radius 1 is 1.26 bits per heavy atom. The Hall–Kier alpha value is -0.760. The molecule has 1 aromatic rings. The average molecular weight is 413 g/mol. The molecule has 0 spiro atoms. The van der Waals surface area contributed by atoms with Gasteiger partial charge in [0, 0.05) is 37.1 Å². The van der Waals surface area contributed by atoms with Crippen LogP contribution in [-0.2, 0) is 9.53 Å². The molecule has 150 valence electrons. The number of benzene rings is 1. The average Bonchev–Trinajstić information content (AvgIpc) is 3.21. The minimum absolute atomic E-state index is 0.0605. The van der Waals surface area contributed by atoms with E-state index in [1.807, 2.05) is 33.7 Å². The van der Waals surface area contributed by atoms with Crippen LogP contribution in [-0.4, -0.2) is 54.7 Å². The molecule has 2 fully saturated rings. The van der Waals surface area contributed by atoms with Crippen molar-refractivity contribution in [2.75, 3.05) is 38.6 Å². The van der Waals surface area contributed by atoms with Crippen molar-refractivity contribution in [2.24, 2.45) is 0 Å². The third-order valence-electron chi connectivity index (χ3n) is 5.14. The number of nitrogens with zero attached hydrogens (tertiary/aromatic N) is 1. The van der Waals surface area contributed by atoms with Crippen molar-refractivity contribution < 1.29 is 13.9 Å². The van der Waals surface area contributed by atoms with Crippen LogP contribution in [0.2, 0.25) is 0 Å². The number of carbonyl (C=O) groups is 1. The summed E-state index contributed by atoms with van der Waals surface area (Å²) in [4.78, 5) is 14.6. The molecule has 2 aliphatic heterocycles. The van der Waals surface area contributed by atoms with E-state index in [1.54, 1.807) is 0 Å². The number of nitrogens with one attached hydrogen (secondary N) is 1. The highest BCUT2D eigenvalue weighted by molar-refractivity contribution is 8.77. The van der Waals surface area contributed by atoms with E-state index in [0.717, 1.165) is 36.7 Å². The number of amides is 1. The molecule has 4 nitrogen and oxygen atoms in total. The van der Waals surface area contributed by atoms with Gasteiger partial charge >= 0.3 is 0 Å². The van der Waals surface area contributed by atoms with Gasteiger partial charge in [0.15, 0.2) is 0 Å². The summed E-state index contributed by atoms with van der Waals surface area (Å²) in [6.45, 7) is 3.61. The molecule has 3 rings (SSSR count). The first-order valence-electron chi connectivity index (χ1n) is 9.84. The van der Waals surface area contributed by atoms with Crippen LogP contribution in [0, 0.1) is 5.82 Å². The number of hydrogen-bond acceptors (Lipinski definition) is 5. The minimum Gasteiger partial charge on any atom is -0.379 e. The summed E-state index contributed by atoms with van der Waals surface area (Å²) < 4.78 is 18.7. The van der Waals surface area contributed by atoms with Crippen molar-refractivity contribution in [1.29, 1.82) is 0 Å². The van der Waals surface area contributed by atoms with Gasteiger partial charge in [0.25, 0.3) is 0 Å². The highest BCUT2D eigenvalue weighted by Crippen LogP contribution is 2.39. The maximum absolute atomic E-state index is 13.3. The van der Waals surface area contributed by atoms with E-state index >= 15 is 0 Å². The fraction of sp³-hybridized carbons (Fsp3) is 0.650. The van der Waals surface area contributed by atoms with Crippen LogP contribution in [0.1, 0.15) is 43.7 Å². The number of unbranched alkanes of at least 4 members (excludes halogenated alkanes) is 1. The maximum Gasteiger partial charge on any atom is 0.220 e. The summed E-state index contributed by atoms with van der Waals surface area (Å²) in [6, 6.07) is 6.68. The first-order chi connectivity index (χ1) is 13.2. The van der Waals surface area contributed by atoms with E-state index < -0.39 is 0 Å². The number of halogens is 1. The molecule has 0 bridgehead atoms. The van der Waals surface area contributed by atoms with Gasteiger partial charge in [-0.1, -0.05) is 40.1 Å². The number of carbonyl (C=O) groups excluding carboxylic acids is 1. The van der Waals surface area contributed by atoms with Gasteiger partial charge < -0.3 is 10.1 Å². The van der Waals surface area contributed by atoms with Gasteiger partial charge in [-0.05, 0) is 37.0 Å². The number of hydrogen-bond donors (Lipinski definition) is 1. The van der Waals surface area contributed by atoms with Crippen molar-refractivity contribution in [3.05, 3.63) is 35.6 Å². The van der Waals surface area contributed by atoms with E-state index in [0.29, 0.717) is 26.2 Å². The van der Waals surface area contributed by atoms with Crippen LogP contribution in [0.3, 0.4) is 0 Å². The molecule has 1 N–H and O–H groups in total. The quantitative estimate of drug-likeness (QED) is 0.490. The van der Waals surface area contributed by atoms with Crippen molar-refractivity contribution >= 4 is 27.5 Å². The lowest BCUT2D eigenvalue weighted by Gasteiger charge is -2.35. The molecule has 2 atom stereocenters. The van der Waals surface area contributed by atoms with Crippen LogP contribution in [0.5, 0.6) is 0 Å². The van der Waals surface area contributed by atoms with Crippen molar-refractivity contribution in [1.82, 2.24) is 10.2 Å². The molecule has 7 heteroatoms. The third-order valence-corrected chi connectivity index (χ3v) is 8.15. The first kappa shape index (κ1) is 21.0. The molecule has 1 aromatic carbocycles. The Morgan fingerprint density at radius 3 is 2.74 bits per heavy atom. The molecule has 0 aromatic heterocycles. The van der Waals surface area contributed by atoms with Gasteiger partial charge in [-0.25, -0.2) is 4.39 Å². The first-order valence-corrected chi connectivity index (χ1v) is 12.2. The summed E-state index contributed by atoms with van der Waals surface area (Å²) in [6.07, 6.45) is 5.18. The Morgan fingerprint density at radius 2 is 2.04 bits per heavy atom. The molecule has 2 saturated heterocycles. The zero-order valence-corrected chi connectivity index (χ0v) is 17.3.